The zero-order valence-electron chi connectivity index (χ0n) is 13.1. The molecule has 114 valence electrons. The lowest BCUT2D eigenvalue weighted by atomic mass is 9.93. The van der Waals surface area contributed by atoms with Crippen LogP contribution in [0.2, 0.25) is 5.02 Å². The summed E-state index contributed by atoms with van der Waals surface area (Å²) in [6, 6.07) is 6.30. The number of aryl methyl sites for hydroxylation is 4. The minimum Gasteiger partial charge on any atom is -0.271 e. The van der Waals surface area contributed by atoms with Crippen LogP contribution < -0.4 is 11.3 Å². The van der Waals surface area contributed by atoms with Gasteiger partial charge in [0.25, 0.3) is 0 Å². The van der Waals surface area contributed by atoms with E-state index in [9.17, 15) is 0 Å². The molecule has 3 N–H and O–H groups in total. The maximum absolute atomic E-state index is 6.41. The first kappa shape index (κ1) is 16.0. The Hall–Kier alpha value is -1.36. The van der Waals surface area contributed by atoms with Crippen molar-refractivity contribution in [3.63, 3.8) is 0 Å². The van der Waals surface area contributed by atoms with E-state index in [1.807, 2.05) is 11.6 Å². The van der Waals surface area contributed by atoms with Gasteiger partial charge in [0.1, 0.15) is 0 Å². The Morgan fingerprint density at radius 2 is 1.90 bits per heavy atom. The third-order valence-electron chi connectivity index (χ3n) is 3.94. The van der Waals surface area contributed by atoms with E-state index in [1.165, 1.54) is 16.7 Å². The van der Waals surface area contributed by atoms with E-state index in [0.29, 0.717) is 0 Å². The topological polar surface area (TPSA) is 55.9 Å². The summed E-state index contributed by atoms with van der Waals surface area (Å²) < 4.78 is 1.95. The van der Waals surface area contributed by atoms with Crippen molar-refractivity contribution in [1.82, 2.24) is 15.2 Å². The highest BCUT2D eigenvalue weighted by atomic mass is 35.5. The molecule has 0 aliphatic carbocycles. The van der Waals surface area contributed by atoms with Gasteiger partial charge in [-0.05, 0) is 44.4 Å². The van der Waals surface area contributed by atoms with Gasteiger partial charge in [-0.25, -0.2) is 0 Å². The molecule has 0 saturated heterocycles. The number of nitrogens with zero attached hydrogens (tertiary/aromatic N) is 2. The largest absolute Gasteiger partial charge is 0.271 e. The fraction of sp³-hybridized carbons (Fsp3) is 0.438. The molecule has 0 aliphatic rings. The molecule has 1 aromatic heterocycles. The van der Waals surface area contributed by atoms with Crippen molar-refractivity contribution in [2.24, 2.45) is 5.84 Å². The zero-order chi connectivity index (χ0) is 15.6. The standard InChI is InChI=1S/C16H23ClN4/c1-5-21-14(16(17)12(4)20-21)9-13(19-18)15-10(2)7-6-8-11(15)3/h6-8,13,19H,5,9,18H2,1-4H3. The Morgan fingerprint density at radius 3 is 2.43 bits per heavy atom. The van der Waals surface area contributed by atoms with Crippen LogP contribution in [0, 0.1) is 20.8 Å². The molecule has 0 saturated carbocycles. The maximum Gasteiger partial charge on any atom is 0.0847 e. The minimum atomic E-state index is 0.0186. The van der Waals surface area contributed by atoms with Crippen LogP contribution in [-0.4, -0.2) is 9.78 Å². The van der Waals surface area contributed by atoms with Gasteiger partial charge in [-0.3, -0.25) is 16.0 Å². The summed E-state index contributed by atoms with van der Waals surface area (Å²) in [6.45, 7) is 9.01. The van der Waals surface area contributed by atoms with Gasteiger partial charge in [-0.1, -0.05) is 29.8 Å². The molecule has 0 spiro atoms. The lowest BCUT2D eigenvalue weighted by Gasteiger charge is -2.21. The predicted molar refractivity (Wildman–Crippen MR) is 87.3 cm³/mol. The molecule has 0 aliphatic heterocycles. The number of hydrogen-bond acceptors (Lipinski definition) is 3. The summed E-state index contributed by atoms with van der Waals surface area (Å²) in [4.78, 5) is 0. The normalized spacial score (nSPS) is 12.7. The molecule has 1 heterocycles. The smallest absolute Gasteiger partial charge is 0.0847 e. The van der Waals surface area contributed by atoms with E-state index in [2.05, 4.69) is 49.5 Å². The van der Waals surface area contributed by atoms with Gasteiger partial charge in [-0.2, -0.15) is 5.10 Å². The number of hydrazine groups is 1. The lowest BCUT2D eigenvalue weighted by molar-refractivity contribution is 0.513. The molecule has 5 heteroatoms. The van der Waals surface area contributed by atoms with Crippen LogP contribution in [-0.2, 0) is 13.0 Å². The molecule has 1 atom stereocenters. The summed E-state index contributed by atoms with van der Waals surface area (Å²) in [6.07, 6.45) is 0.718. The summed E-state index contributed by atoms with van der Waals surface area (Å²) in [5.74, 6) is 5.82. The molecule has 2 rings (SSSR count). The molecular weight excluding hydrogens is 284 g/mol. The van der Waals surface area contributed by atoms with Crippen molar-refractivity contribution in [1.29, 1.82) is 0 Å². The van der Waals surface area contributed by atoms with Crippen molar-refractivity contribution in [2.45, 2.75) is 46.7 Å². The van der Waals surface area contributed by atoms with Crippen LogP contribution in [0.25, 0.3) is 0 Å². The van der Waals surface area contributed by atoms with Crippen LogP contribution in [0.4, 0.5) is 0 Å². The van der Waals surface area contributed by atoms with Gasteiger partial charge in [-0.15, -0.1) is 0 Å². The van der Waals surface area contributed by atoms with E-state index in [1.54, 1.807) is 0 Å². The second kappa shape index (κ2) is 6.60. The van der Waals surface area contributed by atoms with Crippen molar-refractivity contribution < 1.29 is 0 Å². The fourth-order valence-electron chi connectivity index (χ4n) is 2.88. The summed E-state index contributed by atoms with van der Waals surface area (Å²) in [5, 5.41) is 5.21. The molecule has 2 aromatic rings. The highest BCUT2D eigenvalue weighted by Gasteiger charge is 2.20. The molecule has 0 bridgehead atoms. The van der Waals surface area contributed by atoms with Crippen molar-refractivity contribution in [2.75, 3.05) is 0 Å². The zero-order valence-corrected chi connectivity index (χ0v) is 13.8. The Bertz CT molecular complexity index is 613. The first-order valence-corrected chi connectivity index (χ1v) is 7.61. The number of halogens is 1. The number of hydrogen-bond donors (Lipinski definition) is 2. The molecule has 0 radical (unpaired) electrons. The van der Waals surface area contributed by atoms with E-state index in [4.69, 9.17) is 17.4 Å². The summed E-state index contributed by atoms with van der Waals surface area (Å²) in [5.41, 5.74) is 8.53. The molecule has 1 aromatic carbocycles. The second-order valence-electron chi connectivity index (χ2n) is 5.39. The van der Waals surface area contributed by atoms with Gasteiger partial charge in [0.05, 0.1) is 22.5 Å². The van der Waals surface area contributed by atoms with Crippen molar-refractivity contribution in [3.8, 4) is 0 Å². The second-order valence-corrected chi connectivity index (χ2v) is 5.77. The van der Waals surface area contributed by atoms with Crippen LogP contribution in [0.15, 0.2) is 18.2 Å². The van der Waals surface area contributed by atoms with Crippen molar-refractivity contribution in [3.05, 3.63) is 51.3 Å². The number of rotatable bonds is 5. The minimum absolute atomic E-state index is 0.0186. The number of nitrogens with one attached hydrogen (secondary N) is 1. The average molecular weight is 307 g/mol. The van der Waals surface area contributed by atoms with Crippen LogP contribution in [0.1, 0.15) is 41.0 Å². The Labute approximate surface area is 131 Å². The van der Waals surface area contributed by atoms with Crippen LogP contribution in [0.5, 0.6) is 0 Å². The van der Waals surface area contributed by atoms with E-state index >= 15 is 0 Å². The first-order valence-electron chi connectivity index (χ1n) is 7.23. The molecule has 21 heavy (non-hydrogen) atoms. The molecule has 4 nitrogen and oxygen atoms in total. The number of nitrogens with two attached hydrogens (primary N) is 1. The first-order chi connectivity index (χ1) is 9.99. The van der Waals surface area contributed by atoms with Crippen molar-refractivity contribution >= 4 is 11.6 Å². The number of aromatic nitrogens is 2. The summed E-state index contributed by atoms with van der Waals surface area (Å²) >= 11 is 6.41. The average Bonchev–Trinajstić information content (AvgIpc) is 2.73. The maximum atomic E-state index is 6.41. The monoisotopic (exact) mass is 306 g/mol. The molecule has 0 amide bonds. The Kier molecular flexibility index (Phi) is 5.04. The fourth-order valence-corrected chi connectivity index (χ4v) is 3.09. The molecule has 0 fully saturated rings. The quantitative estimate of drug-likeness (QED) is 0.658. The molecular formula is C16H23ClN4. The lowest BCUT2D eigenvalue weighted by Crippen LogP contribution is -2.31. The highest BCUT2D eigenvalue weighted by Crippen LogP contribution is 2.28. The van der Waals surface area contributed by atoms with Crippen LogP contribution in [0.3, 0.4) is 0 Å². The van der Waals surface area contributed by atoms with Crippen LogP contribution >= 0.6 is 11.6 Å². The predicted octanol–water partition coefficient (Wildman–Crippen LogP) is 3.23. The van der Waals surface area contributed by atoms with Gasteiger partial charge >= 0.3 is 0 Å². The SMILES string of the molecule is CCn1nc(C)c(Cl)c1CC(NN)c1c(C)cccc1C. The van der Waals surface area contributed by atoms with E-state index < -0.39 is 0 Å². The number of benzene rings is 1. The van der Waals surface area contributed by atoms with E-state index in [0.717, 1.165) is 29.4 Å². The van der Waals surface area contributed by atoms with E-state index in [-0.39, 0.29) is 6.04 Å². The highest BCUT2D eigenvalue weighted by molar-refractivity contribution is 6.31. The summed E-state index contributed by atoms with van der Waals surface area (Å²) in [7, 11) is 0. The van der Waals surface area contributed by atoms with Gasteiger partial charge in [0.2, 0.25) is 0 Å². The third-order valence-corrected chi connectivity index (χ3v) is 4.43. The van der Waals surface area contributed by atoms with Gasteiger partial charge in [0.15, 0.2) is 0 Å². The Morgan fingerprint density at radius 1 is 1.29 bits per heavy atom. The van der Waals surface area contributed by atoms with Gasteiger partial charge in [0, 0.05) is 13.0 Å². The third kappa shape index (κ3) is 3.12. The van der Waals surface area contributed by atoms with Gasteiger partial charge < -0.3 is 0 Å². The molecule has 1 unspecified atom stereocenters. The Balaban J connectivity index is 2.41.